The van der Waals surface area contributed by atoms with Crippen LogP contribution in [0.2, 0.25) is 0 Å². The van der Waals surface area contributed by atoms with Crippen molar-refractivity contribution < 1.29 is 13.2 Å². The van der Waals surface area contributed by atoms with Gasteiger partial charge >= 0.3 is 0 Å². The van der Waals surface area contributed by atoms with E-state index in [1.54, 1.807) is 12.1 Å². The Labute approximate surface area is 156 Å². The molecule has 0 aromatic heterocycles. The maximum absolute atomic E-state index is 13.9. The van der Waals surface area contributed by atoms with Gasteiger partial charge in [0.05, 0.1) is 6.04 Å². The second-order valence-corrected chi connectivity index (χ2v) is 6.98. The quantitative estimate of drug-likeness (QED) is 0.663. The van der Waals surface area contributed by atoms with Crippen LogP contribution in [0.5, 0.6) is 0 Å². The minimum Gasteiger partial charge on any atom is -0.370 e. The molecule has 2 N–H and O–H groups in total. The number of hydrogen-bond acceptors (Lipinski definition) is 2. The molecule has 4 nitrogen and oxygen atoms in total. The average Bonchev–Trinajstić information content (AvgIpc) is 3.41. The van der Waals surface area contributed by atoms with Gasteiger partial charge in [0.2, 0.25) is 0 Å². The summed E-state index contributed by atoms with van der Waals surface area (Å²) in [5.74, 6) is -1.13. The molecule has 2 fully saturated rings. The first kappa shape index (κ1) is 17.7. The molecule has 0 bridgehead atoms. The minimum atomic E-state index is -0.524. The van der Waals surface area contributed by atoms with Gasteiger partial charge in [-0.05, 0) is 42.8 Å². The van der Waals surface area contributed by atoms with Crippen LogP contribution in [-0.4, -0.2) is 43.1 Å². The van der Waals surface area contributed by atoms with Gasteiger partial charge in [-0.1, -0.05) is 6.07 Å². The molecule has 0 spiro atoms. The van der Waals surface area contributed by atoms with Crippen molar-refractivity contribution in [3.63, 3.8) is 0 Å². The molecule has 2 atom stereocenters. The summed E-state index contributed by atoms with van der Waals surface area (Å²) < 4.78 is 40.8. The fourth-order valence-corrected chi connectivity index (χ4v) is 3.60. The molecule has 142 valence electrons. The van der Waals surface area contributed by atoms with Crippen molar-refractivity contribution in [3.05, 3.63) is 65.5 Å². The van der Waals surface area contributed by atoms with Crippen molar-refractivity contribution in [1.82, 2.24) is 4.90 Å². The lowest BCUT2D eigenvalue weighted by molar-refractivity contribution is 0.380. The highest BCUT2D eigenvalue weighted by Crippen LogP contribution is 2.45. The van der Waals surface area contributed by atoms with Crippen LogP contribution in [0, 0.1) is 17.5 Å². The number of hydrogen-bond donors (Lipinski definition) is 1. The van der Waals surface area contributed by atoms with Crippen molar-refractivity contribution in [1.29, 1.82) is 0 Å². The molecule has 2 aromatic carbocycles. The summed E-state index contributed by atoms with van der Waals surface area (Å²) in [5.41, 5.74) is 7.22. The van der Waals surface area contributed by atoms with E-state index in [-0.39, 0.29) is 23.3 Å². The van der Waals surface area contributed by atoms with E-state index >= 15 is 0 Å². The summed E-state index contributed by atoms with van der Waals surface area (Å²) in [7, 11) is 0. The predicted molar refractivity (Wildman–Crippen MR) is 99.3 cm³/mol. The van der Waals surface area contributed by atoms with Gasteiger partial charge in [0.25, 0.3) is 0 Å². The number of anilines is 1. The molecule has 1 saturated carbocycles. The molecule has 0 radical (unpaired) electrons. The Kier molecular flexibility index (Phi) is 4.68. The summed E-state index contributed by atoms with van der Waals surface area (Å²) in [4.78, 5) is 8.62. The van der Waals surface area contributed by atoms with E-state index < -0.39 is 11.6 Å². The SMILES string of the molecule is NC(=NC1CC1c1c(F)cccc1F)N1CCN(c2ccc(F)cc2)CC1. The summed E-state index contributed by atoms with van der Waals surface area (Å²) in [6, 6.07) is 10.2. The van der Waals surface area contributed by atoms with E-state index in [9.17, 15) is 13.2 Å². The van der Waals surface area contributed by atoms with Gasteiger partial charge in [0, 0.05) is 43.3 Å². The fraction of sp³-hybridized carbons (Fsp3) is 0.350. The van der Waals surface area contributed by atoms with Crippen molar-refractivity contribution >= 4 is 11.6 Å². The van der Waals surface area contributed by atoms with E-state index in [2.05, 4.69) is 9.89 Å². The highest BCUT2D eigenvalue weighted by Gasteiger charge is 2.42. The lowest BCUT2D eigenvalue weighted by Gasteiger charge is -2.36. The predicted octanol–water partition coefficient (Wildman–Crippen LogP) is 3.10. The average molecular weight is 374 g/mol. The number of nitrogens with two attached hydrogens (primary N) is 1. The number of aliphatic imine (C=N–C) groups is 1. The first-order chi connectivity index (χ1) is 13.0. The van der Waals surface area contributed by atoms with Crippen LogP contribution in [0.25, 0.3) is 0 Å². The molecular formula is C20H21F3N4. The van der Waals surface area contributed by atoms with Gasteiger partial charge in [0.1, 0.15) is 17.5 Å². The Balaban J connectivity index is 1.36. The lowest BCUT2D eigenvalue weighted by atomic mass is 10.1. The van der Waals surface area contributed by atoms with E-state index in [0.29, 0.717) is 25.5 Å². The zero-order chi connectivity index (χ0) is 19.0. The van der Waals surface area contributed by atoms with E-state index in [1.807, 2.05) is 4.90 Å². The zero-order valence-electron chi connectivity index (χ0n) is 14.8. The van der Waals surface area contributed by atoms with Gasteiger partial charge in [0.15, 0.2) is 5.96 Å². The Morgan fingerprint density at radius 3 is 2.19 bits per heavy atom. The van der Waals surface area contributed by atoms with Crippen molar-refractivity contribution in [2.45, 2.75) is 18.4 Å². The van der Waals surface area contributed by atoms with Gasteiger partial charge in [-0.2, -0.15) is 0 Å². The van der Waals surface area contributed by atoms with E-state index in [0.717, 1.165) is 18.8 Å². The minimum absolute atomic E-state index is 0.111. The Morgan fingerprint density at radius 1 is 0.926 bits per heavy atom. The van der Waals surface area contributed by atoms with Gasteiger partial charge in [-0.3, -0.25) is 0 Å². The van der Waals surface area contributed by atoms with Crippen molar-refractivity contribution in [2.24, 2.45) is 10.7 Å². The first-order valence-electron chi connectivity index (χ1n) is 9.05. The smallest absolute Gasteiger partial charge is 0.191 e. The largest absolute Gasteiger partial charge is 0.370 e. The number of guanidine groups is 1. The lowest BCUT2D eigenvalue weighted by Crippen LogP contribution is -2.51. The van der Waals surface area contributed by atoms with Crippen LogP contribution in [0.15, 0.2) is 47.5 Å². The zero-order valence-corrected chi connectivity index (χ0v) is 14.8. The number of nitrogens with zero attached hydrogens (tertiary/aromatic N) is 3. The maximum atomic E-state index is 13.9. The summed E-state index contributed by atoms with van der Waals surface area (Å²) in [5, 5.41) is 0. The molecule has 27 heavy (non-hydrogen) atoms. The molecule has 4 rings (SSSR count). The topological polar surface area (TPSA) is 44.9 Å². The molecule has 0 amide bonds. The second-order valence-electron chi connectivity index (χ2n) is 6.98. The Morgan fingerprint density at radius 2 is 1.56 bits per heavy atom. The van der Waals surface area contributed by atoms with E-state index in [1.165, 1.54) is 30.3 Å². The Hall–Kier alpha value is -2.70. The monoisotopic (exact) mass is 374 g/mol. The third-order valence-electron chi connectivity index (χ3n) is 5.22. The fourth-order valence-electron chi connectivity index (χ4n) is 3.60. The van der Waals surface area contributed by atoms with E-state index in [4.69, 9.17) is 5.73 Å². The molecule has 2 unspecified atom stereocenters. The molecule has 2 aliphatic rings. The standard InChI is InChI=1S/C20H21F3N4/c21-13-4-6-14(7-5-13)26-8-10-27(11-9-26)20(24)25-18-12-15(18)19-16(22)2-1-3-17(19)23/h1-7,15,18H,8-12H2,(H2,24,25). The molecule has 1 heterocycles. The normalized spacial score (nSPS) is 22.9. The second kappa shape index (κ2) is 7.13. The van der Waals surface area contributed by atoms with Gasteiger partial charge in [-0.15, -0.1) is 0 Å². The van der Waals surface area contributed by atoms with Crippen molar-refractivity contribution in [3.8, 4) is 0 Å². The van der Waals surface area contributed by atoms with Crippen LogP contribution >= 0.6 is 0 Å². The third kappa shape index (κ3) is 3.72. The summed E-state index contributed by atoms with van der Waals surface area (Å²) in [6.45, 7) is 2.88. The highest BCUT2D eigenvalue weighted by molar-refractivity contribution is 5.79. The molecule has 2 aromatic rings. The maximum Gasteiger partial charge on any atom is 0.191 e. The van der Waals surface area contributed by atoms with Crippen LogP contribution in [0.1, 0.15) is 17.9 Å². The summed E-state index contributed by atoms with van der Waals surface area (Å²) >= 11 is 0. The van der Waals surface area contributed by atoms with Crippen LogP contribution in [0.4, 0.5) is 18.9 Å². The molecule has 1 aliphatic carbocycles. The highest BCUT2D eigenvalue weighted by atomic mass is 19.1. The van der Waals surface area contributed by atoms with Crippen LogP contribution in [-0.2, 0) is 0 Å². The van der Waals surface area contributed by atoms with Gasteiger partial charge < -0.3 is 15.5 Å². The summed E-state index contributed by atoms with van der Waals surface area (Å²) in [6.07, 6.45) is 0.605. The molecule has 7 heteroatoms. The number of benzene rings is 2. The molecule has 1 saturated heterocycles. The van der Waals surface area contributed by atoms with Crippen molar-refractivity contribution in [2.75, 3.05) is 31.1 Å². The van der Waals surface area contributed by atoms with Crippen LogP contribution < -0.4 is 10.6 Å². The number of halogens is 3. The van der Waals surface area contributed by atoms with Gasteiger partial charge in [-0.25, -0.2) is 18.2 Å². The third-order valence-corrected chi connectivity index (χ3v) is 5.22. The Bertz CT molecular complexity index is 825. The van der Waals surface area contributed by atoms with Crippen LogP contribution in [0.3, 0.4) is 0 Å². The molecular weight excluding hydrogens is 353 g/mol. The number of piperazine rings is 1. The number of rotatable bonds is 3. The molecule has 1 aliphatic heterocycles. The first-order valence-corrected chi connectivity index (χ1v) is 9.05.